The number of methoxy groups -OCH3 is 1. The predicted octanol–water partition coefficient (Wildman–Crippen LogP) is 3.28. The van der Waals surface area contributed by atoms with Crippen LogP contribution < -0.4 is 14.8 Å². The van der Waals surface area contributed by atoms with Crippen LogP contribution in [0.25, 0.3) is 10.9 Å². The number of rotatable bonds is 6. The van der Waals surface area contributed by atoms with Crippen LogP contribution in [0.3, 0.4) is 0 Å². The number of carbonyl (C=O) groups excluding carboxylic acids is 1. The van der Waals surface area contributed by atoms with E-state index in [1.165, 1.54) is 19.5 Å². The number of aromatic nitrogens is 2. The number of phenols is 1. The third-order valence-corrected chi connectivity index (χ3v) is 5.62. The van der Waals surface area contributed by atoms with Crippen LogP contribution >= 0.6 is 11.6 Å². The molecule has 1 aliphatic rings. The van der Waals surface area contributed by atoms with E-state index in [9.17, 15) is 9.90 Å². The number of amides is 1. The van der Waals surface area contributed by atoms with E-state index in [0.717, 1.165) is 4.90 Å². The summed E-state index contributed by atoms with van der Waals surface area (Å²) in [6.45, 7) is 0.331. The van der Waals surface area contributed by atoms with Crippen molar-refractivity contribution in [2.45, 2.75) is 18.6 Å². The average Bonchev–Trinajstić information content (AvgIpc) is 3.29. The number of hydrogen-bond acceptors (Lipinski definition) is 8. The van der Waals surface area contributed by atoms with Crippen molar-refractivity contribution in [2.24, 2.45) is 0 Å². The van der Waals surface area contributed by atoms with Gasteiger partial charge >= 0.3 is 0 Å². The van der Waals surface area contributed by atoms with Gasteiger partial charge in [0.1, 0.15) is 24.0 Å². The summed E-state index contributed by atoms with van der Waals surface area (Å²) in [5.74, 6) is 0.898. The van der Waals surface area contributed by atoms with Gasteiger partial charge in [-0.05, 0) is 31.3 Å². The van der Waals surface area contributed by atoms with Gasteiger partial charge in [0.25, 0.3) is 0 Å². The minimum atomic E-state index is -0.638. The number of likely N-dealkylation sites (tertiary alicyclic amines) is 1. The first-order valence-corrected chi connectivity index (χ1v) is 10.4. The number of anilines is 2. The van der Waals surface area contributed by atoms with Crippen molar-refractivity contribution < 1.29 is 23.5 Å². The van der Waals surface area contributed by atoms with E-state index < -0.39 is 12.1 Å². The fraction of sp³-hybridized carbons (Fsp3) is 0.348. The maximum absolute atomic E-state index is 12.8. The number of aromatic hydroxyl groups is 1. The topological polar surface area (TPSA) is 100 Å². The van der Waals surface area contributed by atoms with Crippen LogP contribution in [0.1, 0.15) is 10.5 Å². The summed E-state index contributed by atoms with van der Waals surface area (Å²) in [5, 5.41) is 14.3. The molecule has 2 N–H and O–H groups in total. The molecular formula is C23H26ClN5O4. The number of likely N-dealkylation sites (N-methyl/N-ethyl adjacent to an activating group) is 2. The Balaban J connectivity index is 1.63. The van der Waals surface area contributed by atoms with Crippen molar-refractivity contribution >= 4 is 39.9 Å². The monoisotopic (exact) mass is 474 g/mol. The molecule has 4 rings (SSSR count). The highest BCUT2D eigenvalue weighted by atomic mass is 35.5. The molecule has 10 heteroatoms. The molecule has 0 bridgehead atoms. The van der Waals surface area contributed by atoms with Crippen molar-refractivity contribution in [1.29, 1.82) is 0 Å². The summed E-state index contributed by atoms with van der Waals surface area (Å²) >= 11 is 6.07. The SMILES string of the molecule is [2H]CN(C[2H])C(=O)[C@@H]1C[C@H](Oc2cc3c(Nc4cc(Cl)ccc4O)ncnc3cc2OC)CN1C[2H]. The Morgan fingerprint density at radius 1 is 1.30 bits per heavy atom. The number of halogens is 1. The highest BCUT2D eigenvalue weighted by Crippen LogP contribution is 2.37. The van der Waals surface area contributed by atoms with Crippen molar-refractivity contribution in [3.05, 3.63) is 41.7 Å². The maximum atomic E-state index is 12.8. The molecule has 33 heavy (non-hydrogen) atoms. The van der Waals surface area contributed by atoms with E-state index in [1.807, 2.05) is 0 Å². The summed E-state index contributed by atoms with van der Waals surface area (Å²) in [4.78, 5) is 24.2. The van der Waals surface area contributed by atoms with E-state index in [2.05, 4.69) is 15.3 Å². The second-order valence-electron chi connectivity index (χ2n) is 7.67. The molecule has 3 aromatic rings. The number of ether oxygens (including phenoxy) is 2. The molecule has 2 atom stereocenters. The van der Waals surface area contributed by atoms with Gasteiger partial charge in [0.15, 0.2) is 11.5 Å². The maximum Gasteiger partial charge on any atom is 0.239 e. The molecule has 0 spiro atoms. The highest BCUT2D eigenvalue weighted by Gasteiger charge is 2.36. The number of fused-ring (bicyclic) bond motifs is 1. The standard InChI is InChI=1S/C23H26ClN5O4/c1-28(2)23(31)18-8-14(11-29(18)3)33-21-9-15-16(10-20(21)32-4)25-12-26-22(15)27-17-7-13(24)5-6-19(17)30/h5-7,9-10,12,14,18,30H,8,11H2,1-4H3,(H,25,26,27)/t14-,18-/m0/s1/i1D,2D,3D. The van der Waals surface area contributed by atoms with E-state index in [4.69, 9.17) is 25.2 Å². The largest absolute Gasteiger partial charge is 0.506 e. The van der Waals surface area contributed by atoms with Crippen molar-refractivity contribution in [3.8, 4) is 17.2 Å². The normalized spacial score (nSPS) is 19.5. The molecule has 0 unspecified atom stereocenters. The van der Waals surface area contributed by atoms with Crippen molar-refractivity contribution in [2.75, 3.05) is 40.0 Å². The summed E-state index contributed by atoms with van der Waals surface area (Å²) < 4.78 is 34.6. The van der Waals surface area contributed by atoms with Gasteiger partial charge in [0, 0.05) is 47.6 Å². The molecule has 0 saturated carbocycles. The molecule has 1 saturated heterocycles. The van der Waals surface area contributed by atoms with E-state index in [0.29, 0.717) is 51.9 Å². The van der Waals surface area contributed by atoms with Crippen LogP contribution in [0, 0.1) is 0 Å². The Bertz CT molecular complexity index is 1250. The zero-order chi connectivity index (χ0) is 25.8. The minimum Gasteiger partial charge on any atom is -0.506 e. The van der Waals surface area contributed by atoms with Crippen LogP contribution in [0.15, 0.2) is 36.7 Å². The first kappa shape index (κ1) is 19.2. The van der Waals surface area contributed by atoms with Crippen molar-refractivity contribution in [3.63, 3.8) is 0 Å². The molecule has 0 radical (unpaired) electrons. The van der Waals surface area contributed by atoms with Gasteiger partial charge in [0.05, 0.1) is 24.4 Å². The number of nitrogens with one attached hydrogen (secondary N) is 1. The number of carbonyl (C=O) groups is 1. The highest BCUT2D eigenvalue weighted by molar-refractivity contribution is 6.31. The Kier molecular flexibility index (Phi) is 5.40. The molecule has 1 amide bonds. The molecule has 174 valence electrons. The first-order valence-electron chi connectivity index (χ1n) is 12.2. The van der Waals surface area contributed by atoms with Gasteiger partial charge in [-0.1, -0.05) is 11.6 Å². The Morgan fingerprint density at radius 3 is 2.91 bits per heavy atom. The lowest BCUT2D eigenvalue weighted by atomic mass is 10.1. The van der Waals surface area contributed by atoms with Gasteiger partial charge < -0.3 is 24.8 Å². The molecule has 2 heterocycles. The molecule has 9 nitrogen and oxygen atoms in total. The third kappa shape index (κ3) is 4.74. The van der Waals surface area contributed by atoms with Gasteiger partial charge in [-0.25, -0.2) is 9.97 Å². The third-order valence-electron chi connectivity index (χ3n) is 5.39. The quantitative estimate of drug-likeness (QED) is 0.525. The smallest absolute Gasteiger partial charge is 0.239 e. The Labute approximate surface area is 201 Å². The molecule has 0 aliphatic carbocycles. The van der Waals surface area contributed by atoms with Crippen LogP contribution in [0.2, 0.25) is 5.02 Å². The van der Waals surface area contributed by atoms with E-state index in [-0.39, 0.29) is 32.7 Å². The Hall–Kier alpha value is -3.30. The summed E-state index contributed by atoms with van der Waals surface area (Å²) in [7, 11) is 0.773. The number of nitrogens with zero attached hydrogens (tertiary/aromatic N) is 4. The van der Waals surface area contributed by atoms with Crippen molar-refractivity contribution in [1.82, 2.24) is 19.8 Å². The fourth-order valence-electron chi connectivity index (χ4n) is 3.75. The second-order valence-corrected chi connectivity index (χ2v) is 8.11. The van der Waals surface area contributed by atoms with Gasteiger partial charge in [-0.2, -0.15) is 0 Å². The molecule has 1 aliphatic heterocycles. The van der Waals surface area contributed by atoms with Crippen LogP contribution in [-0.4, -0.2) is 77.7 Å². The van der Waals surface area contributed by atoms with Crippen LogP contribution in [0.5, 0.6) is 17.2 Å². The molecule has 1 fully saturated rings. The minimum absolute atomic E-state index is 0.00250. The van der Waals surface area contributed by atoms with Crippen LogP contribution in [-0.2, 0) is 4.79 Å². The number of benzene rings is 2. The zero-order valence-electron chi connectivity index (χ0n) is 21.0. The lowest BCUT2D eigenvalue weighted by molar-refractivity contribution is -0.133. The number of hydrogen-bond donors (Lipinski definition) is 2. The second kappa shape index (κ2) is 9.29. The summed E-state index contributed by atoms with van der Waals surface area (Å²) in [5.41, 5.74) is 0.948. The van der Waals surface area contributed by atoms with Gasteiger partial charge in [0.2, 0.25) is 5.91 Å². The molecular weight excluding hydrogens is 446 g/mol. The molecule has 2 aromatic carbocycles. The lowest BCUT2D eigenvalue weighted by Gasteiger charge is -2.21. The summed E-state index contributed by atoms with van der Waals surface area (Å²) in [6, 6.07) is 7.41. The van der Waals surface area contributed by atoms with Gasteiger partial charge in [-0.15, -0.1) is 0 Å². The van der Waals surface area contributed by atoms with Crippen LogP contribution in [0.4, 0.5) is 11.5 Å². The average molecular weight is 475 g/mol. The fourth-order valence-corrected chi connectivity index (χ4v) is 3.92. The van der Waals surface area contributed by atoms with E-state index in [1.54, 1.807) is 29.2 Å². The zero-order valence-corrected chi connectivity index (χ0v) is 18.7. The van der Waals surface area contributed by atoms with Gasteiger partial charge in [-0.3, -0.25) is 9.69 Å². The lowest BCUT2D eigenvalue weighted by Crippen LogP contribution is -2.40. The predicted molar refractivity (Wildman–Crippen MR) is 127 cm³/mol. The molecule has 1 aromatic heterocycles. The summed E-state index contributed by atoms with van der Waals surface area (Å²) in [6.07, 6.45) is 1.27. The Morgan fingerprint density at radius 2 is 2.15 bits per heavy atom. The first-order chi connectivity index (χ1) is 17.4. The van der Waals surface area contributed by atoms with E-state index >= 15 is 0 Å². The number of phenolic OH excluding ortho intramolecular Hbond substituents is 1.